The second-order valence-electron chi connectivity index (χ2n) is 9.39. The number of nitrogens with one attached hydrogen (secondary N) is 1. The van der Waals surface area contributed by atoms with Crippen LogP contribution < -0.4 is 9.47 Å². The maximum absolute atomic E-state index is 13.7. The van der Waals surface area contributed by atoms with Crippen molar-refractivity contribution in [1.29, 1.82) is 0 Å². The van der Waals surface area contributed by atoms with Crippen LogP contribution in [0.5, 0.6) is 17.2 Å². The van der Waals surface area contributed by atoms with Crippen LogP contribution in [-0.4, -0.2) is 44.8 Å². The monoisotopic (exact) mass is 512 g/mol. The number of para-hydroxylation sites is 1. The van der Waals surface area contributed by atoms with Crippen molar-refractivity contribution in [3.05, 3.63) is 89.4 Å². The van der Waals surface area contributed by atoms with E-state index in [2.05, 4.69) is 22.1 Å². The number of aromatic amines is 1. The zero-order valence-corrected chi connectivity index (χ0v) is 21.7. The maximum Gasteiger partial charge on any atom is 0.273 e. The third kappa shape index (κ3) is 4.94. The molecule has 0 saturated heterocycles. The number of hydrogen-bond acceptors (Lipinski definition) is 6. The molecular weight excluding hydrogens is 480 g/mol. The van der Waals surface area contributed by atoms with Crippen molar-refractivity contribution in [2.24, 2.45) is 0 Å². The Balaban J connectivity index is 1.55. The number of methoxy groups -OCH3 is 1. The summed E-state index contributed by atoms with van der Waals surface area (Å²) in [6, 6.07) is 16.1. The van der Waals surface area contributed by atoms with E-state index in [4.69, 9.17) is 9.47 Å². The predicted molar refractivity (Wildman–Crippen MR) is 144 cm³/mol. The standard InChI is InChI=1S/C30H32N4O4/c1-3-4-5-8-16-38-24-14-13-21(17-25(24)37-2)29-26-27(22-11-6-7-12-23(22)35)32-33-28(26)30(36)34(29)19-20-10-9-15-31-18-20/h6-7,9-15,17-18,29,35H,3-5,8,16,19H2,1-2H3,(H,32,33). The number of amides is 1. The van der Waals surface area contributed by atoms with Gasteiger partial charge >= 0.3 is 0 Å². The number of phenolic OH excluding ortho intramolecular Hbond substituents is 1. The number of hydrogen-bond donors (Lipinski definition) is 2. The Labute approximate surface area is 222 Å². The molecule has 38 heavy (non-hydrogen) atoms. The minimum Gasteiger partial charge on any atom is -0.507 e. The van der Waals surface area contributed by atoms with Crippen LogP contribution in [0.15, 0.2) is 67.0 Å². The predicted octanol–water partition coefficient (Wildman–Crippen LogP) is 5.89. The van der Waals surface area contributed by atoms with E-state index in [9.17, 15) is 9.90 Å². The van der Waals surface area contributed by atoms with E-state index < -0.39 is 6.04 Å². The first-order valence-corrected chi connectivity index (χ1v) is 13.0. The number of benzene rings is 2. The zero-order valence-electron chi connectivity index (χ0n) is 21.7. The fourth-order valence-electron chi connectivity index (χ4n) is 4.96. The summed E-state index contributed by atoms with van der Waals surface area (Å²) in [6.07, 6.45) is 7.94. The molecule has 4 aromatic rings. The Morgan fingerprint density at radius 1 is 1.05 bits per heavy atom. The Morgan fingerprint density at radius 3 is 2.68 bits per heavy atom. The molecule has 1 atom stereocenters. The van der Waals surface area contributed by atoms with Crippen molar-refractivity contribution in [3.63, 3.8) is 0 Å². The molecular formula is C30H32N4O4. The maximum atomic E-state index is 13.7. The third-order valence-electron chi connectivity index (χ3n) is 6.86. The van der Waals surface area contributed by atoms with Gasteiger partial charge in [-0.15, -0.1) is 0 Å². The number of rotatable bonds is 11. The van der Waals surface area contributed by atoms with Crippen molar-refractivity contribution in [3.8, 4) is 28.5 Å². The first kappa shape index (κ1) is 25.3. The van der Waals surface area contributed by atoms with Gasteiger partial charge in [-0.25, -0.2) is 0 Å². The summed E-state index contributed by atoms with van der Waals surface area (Å²) >= 11 is 0. The normalized spacial score (nSPS) is 14.5. The Hall–Kier alpha value is -4.33. The summed E-state index contributed by atoms with van der Waals surface area (Å²) in [7, 11) is 1.62. The van der Waals surface area contributed by atoms with E-state index >= 15 is 0 Å². The molecule has 0 saturated carbocycles. The lowest BCUT2D eigenvalue weighted by Crippen LogP contribution is -2.29. The number of aromatic hydroxyl groups is 1. The van der Waals surface area contributed by atoms with Crippen LogP contribution in [0.4, 0.5) is 0 Å². The number of nitrogens with zero attached hydrogens (tertiary/aromatic N) is 3. The lowest BCUT2D eigenvalue weighted by atomic mass is 9.95. The molecule has 8 nitrogen and oxygen atoms in total. The molecule has 1 aliphatic rings. The highest BCUT2D eigenvalue weighted by Gasteiger charge is 2.42. The van der Waals surface area contributed by atoms with Gasteiger partial charge < -0.3 is 19.5 Å². The molecule has 2 N–H and O–H groups in total. The molecule has 2 aromatic carbocycles. The number of unbranched alkanes of at least 4 members (excludes halogenated alkanes) is 3. The number of aromatic nitrogens is 3. The molecule has 0 fully saturated rings. The molecule has 1 aliphatic heterocycles. The summed E-state index contributed by atoms with van der Waals surface area (Å²) in [5, 5.41) is 18.0. The van der Waals surface area contributed by atoms with Gasteiger partial charge in [0.05, 0.1) is 19.8 Å². The zero-order chi connectivity index (χ0) is 26.5. The number of carbonyl (C=O) groups excluding carboxylic acids is 1. The molecule has 0 bridgehead atoms. The molecule has 1 unspecified atom stereocenters. The van der Waals surface area contributed by atoms with Crippen LogP contribution in [0.3, 0.4) is 0 Å². The van der Waals surface area contributed by atoms with Gasteiger partial charge in [-0.2, -0.15) is 5.10 Å². The third-order valence-corrected chi connectivity index (χ3v) is 6.86. The van der Waals surface area contributed by atoms with Gasteiger partial charge in [0.2, 0.25) is 0 Å². The summed E-state index contributed by atoms with van der Waals surface area (Å²) in [5.74, 6) is 1.21. The Morgan fingerprint density at radius 2 is 1.92 bits per heavy atom. The van der Waals surface area contributed by atoms with E-state index in [1.54, 1.807) is 42.6 Å². The Bertz CT molecular complexity index is 1400. The van der Waals surface area contributed by atoms with Crippen molar-refractivity contribution in [2.45, 2.75) is 45.2 Å². The number of H-pyrrole nitrogens is 1. The minimum absolute atomic E-state index is 0.100. The van der Waals surface area contributed by atoms with Crippen LogP contribution >= 0.6 is 0 Å². The van der Waals surface area contributed by atoms with Gasteiger partial charge in [-0.05, 0) is 47.9 Å². The summed E-state index contributed by atoms with van der Waals surface area (Å²) in [6.45, 7) is 3.16. The van der Waals surface area contributed by atoms with Crippen molar-refractivity contribution >= 4 is 5.91 Å². The highest BCUT2D eigenvalue weighted by atomic mass is 16.5. The van der Waals surface area contributed by atoms with E-state index in [0.717, 1.165) is 29.5 Å². The van der Waals surface area contributed by atoms with Crippen LogP contribution in [0, 0.1) is 0 Å². The minimum atomic E-state index is -0.460. The van der Waals surface area contributed by atoms with Crippen molar-refractivity contribution < 1.29 is 19.4 Å². The highest BCUT2D eigenvalue weighted by molar-refractivity contribution is 6.00. The summed E-state index contributed by atoms with van der Waals surface area (Å²) in [4.78, 5) is 19.7. The molecule has 3 heterocycles. The largest absolute Gasteiger partial charge is 0.507 e. The number of fused-ring (bicyclic) bond motifs is 1. The fourth-order valence-corrected chi connectivity index (χ4v) is 4.96. The van der Waals surface area contributed by atoms with Crippen molar-refractivity contribution in [2.75, 3.05) is 13.7 Å². The molecule has 5 rings (SSSR count). The Kier molecular flexibility index (Phi) is 7.58. The highest BCUT2D eigenvalue weighted by Crippen LogP contribution is 2.46. The topological polar surface area (TPSA) is 101 Å². The van der Waals surface area contributed by atoms with Crippen LogP contribution in [0.1, 0.15) is 65.8 Å². The second kappa shape index (κ2) is 11.4. The molecule has 2 aromatic heterocycles. The van der Waals surface area contributed by atoms with E-state index in [1.807, 2.05) is 36.4 Å². The molecule has 0 spiro atoms. The fraction of sp³-hybridized carbons (Fsp3) is 0.300. The number of phenols is 1. The van der Waals surface area contributed by atoms with Crippen LogP contribution in [0.25, 0.3) is 11.3 Å². The lowest BCUT2D eigenvalue weighted by molar-refractivity contribution is 0.0729. The lowest BCUT2D eigenvalue weighted by Gasteiger charge is -2.27. The number of ether oxygens (including phenoxy) is 2. The molecule has 0 radical (unpaired) electrons. The van der Waals surface area contributed by atoms with Gasteiger partial charge in [0.1, 0.15) is 17.1 Å². The number of pyridine rings is 1. The summed E-state index contributed by atoms with van der Waals surface area (Å²) in [5.41, 5.74) is 4.00. The SMILES string of the molecule is CCCCCCOc1ccc(C2c3c(-c4ccccc4O)n[nH]c3C(=O)N2Cc2cccnc2)cc1OC. The van der Waals surface area contributed by atoms with Gasteiger partial charge in [0, 0.05) is 30.1 Å². The molecule has 0 aliphatic carbocycles. The van der Waals surface area contributed by atoms with E-state index in [1.165, 1.54) is 12.8 Å². The van der Waals surface area contributed by atoms with Gasteiger partial charge in [0.15, 0.2) is 11.5 Å². The average Bonchev–Trinajstić information content (AvgIpc) is 3.48. The van der Waals surface area contributed by atoms with Gasteiger partial charge in [0.25, 0.3) is 5.91 Å². The van der Waals surface area contributed by atoms with Gasteiger partial charge in [-0.1, -0.05) is 50.5 Å². The second-order valence-corrected chi connectivity index (χ2v) is 9.39. The van der Waals surface area contributed by atoms with Crippen LogP contribution in [0.2, 0.25) is 0 Å². The first-order valence-electron chi connectivity index (χ1n) is 13.0. The van der Waals surface area contributed by atoms with E-state index in [-0.39, 0.29) is 11.7 Å². The van der Waals surface area contributed by atoms with E-state index in [0.29, 0.717) is 41.6 Å². The summed E-state index contributed by atoms with van der Waals surface area (Å²) < 4.78 is 11.7. The average molecular weight is 513 g/mol. The quantitative estimate of drug-likeness (QED) is 0.243. The van der Waals surface area contributed by atoms with Gasteiger partial charge in [-0.3, -0.25) is 14.9 Å². The van der Waals surface area contributed by atoms with Crippen LogP contribution in [-0.2, 0) is 6.54 Å². The van der Waals surface area contributed by atoms with Crippen molar-refractivity contribution in [1.82, 2.24) is 20.1 Å². The molecule has 1 amide bonds. The number of carbonyl (C=O) groups is 1. The molecule has 8 heteroatoms. The molecule has 196 valence electrons. The first-order chi connectivity index (χ1) is 18.6. The smallest absolute Gasteiger partial charge is 0.273 e.